The number of aliphatic hydroxyl groups is 1. The second-order valence-electron chi connectivity index (χ2n) is 20.4. The van der Waals surface area contributed by atoms with Crippen molar-refractivity contribution >= 4 is 50.1 Å². The van der Waals surface area contributed by atoms with Crippen molar-refractivity contribution in [2.45, 2.75) is 87.8 Å². The zero-order valence-corrected chi connectivity index (χ0v) is 40.7. The van der Waals surface area contributed by atoms with Gasteiger partial charge in [0.15, 0.2) is 11.4 Å². The lowest BCUT2D eigenvalue weighted by Crippen LogP contribution is -2.68. The van der Waals surface area contributed by atoms with E-state index in [-0.39, 0.29) is 69.6 Å². The number of fused-ring (bicyclic) bond motifs is 2. The van der Waals surface area contributed by atoms with E-state index in [9.17, 15) is 37.6 Å². The molecule has 0 bridgehead atoms. The third-order valence-electron chi connectivity index (χ3n) is 15.3. The highest BCUT2D eigenvalue weighted by molar-refractivity contribution is 7.90. The second-order valence-corrected chi connectivity index (χ2v) is 22.1. The lowest BCUT2D eigenvalue weighted by atomic mass is 9.72. The summed E-state index contributed by atoms with van der Waals surface area (Å²) >= 11 is 0. The van der Waals surface area contributed by atoms with Gasteiger partial charge in [-0.25, -0.2) is 37.3 Å². The summed E-state index contributed by atoms with van der Waals surface area (Å²) in [5.74, 6) is -1.23. The van der Waals surface area contributed by atoms with Crippen molar-refractivity contribution < 1.29 is 41.9 Å². The van der Waals surface area contributed by atoms with E-state index in [1.807, 2.05) is 6.07 Å². The highest BCUT2D eigenvalue weighted by atomic mass is 32.2. The summed E-state index contributed by atoms with van der Waals surface area (Å²) < 4.78 is 57.0. The number of aromatic nitrogens is 2. The first-order valence-corrected chi connectivity index (χ1v) is 25.7. The molecule has 0 radical (unpaired) electrons. The number of piperazine rings is 1. The summed E-state index contributed by atoms with van der Waals surface area (Å²) in [7, 11) is -4.75. The Morgan fingerprint density at radius 2 is 1.79 bits per heavy atom. The van der Waals surface area contributed by atoms with E-state index >= 15 is 0 Å². The average molecular weight is 995 g/mol. The van der Waals surface area contributed by atoms with Crippen LogP contribution in [-0.2, 0) is 10.0 Å². The van der Waals surface area contributed by atoms with Crippen LogP contribution in [0.15, 0.2) is 78.0 Å². The van der Waals surface area contributed by atoms with Crippen molar-refractivity contribution in [3.05, 3.63) is 106 Å². The van der Waals surface area contributed by atoms with Crippen molar-refractivity contribution in [3.8, 4) is 17.2 Å². The highest BCUT2D eigenvalue weighted by Crippen LogP contribution is 2.47. The number of amides is 3. The Morgan fingerprint density at radius 1 is 1.04 bits per heavy atom. The number of carbonyl (C=O) groups is 2. The first-order valence-electron chi connectivity index (χ1n) is 24.2. The van der Waals surface area contributed by atoms with Gasteiger partial charge in [0, 0.05) is 81.3 Å². The first-order chi connectivity index (χ1) is 33.9. The van der Waals surface area contributed by atoms with Gasteiger partial charge in [0.25, 0.3) is 21.6 Å². The highest BCUT2D eigenvalue weighted by Gasteiger charge is 2.49. The average Bonchev–Trinajstić information content (AvgIpc) is 3.71. The van der Waals surface area contributed by atoms with Gasteiger partial charge in [-0.15, -0.1) is 0 Å². The number of sulfonamides is 1. The first kappa shape index (κ1) is 48.1. The topological polar surface area (TPSA) is 242 Å². The lowest BCUT2D eigenvalue weighted by molar-refractivity contribution is -0.384. The molecule has 5 aromatic rings. The van der Waals surface area contributed by atoms with E-state index in [1.54, 1.807) is 24.0 Å². The van der Waals surface area contributed by atoms with Crippen LogP contribution < -0.4 is 30.1 Å². The number of benzene rings is 3. The predicted octanol–water partition coefficient (Wildman–Crippen LogP) is 7.01. The van der Waals surface area contributed by atoms with Crippen LogP contribution in [0.5, 0.6) is 17.2 Å². The SMILES string of the molecule is CC(C)c1ccccc1[C@H]1CN(C(N)=O)CCN1N1CC2(CCN(c3ccc(C(=O)NS(=O)(=O)c4cc5c(c([N+](=O)[O-])c4)N[C@@H](C4CCC(C)(O)CC4)CO5)c(Oc4cnc5[nH]cc(F)c5c4)c3)CC2)C1. The monoisotopic (exact) mass is 994 g/mol. The number of pyridine rings is 1. The van der Waals surface area contributed by atoms with Crippen LogP contribution >= 0.6 is 0 Å². The molecule has 10 rings (SSSR count). The van der Waals surface area contributed by atoms with Gasteiger partial charge in [-0.3, -0.25) is 14.9 Å². The number of halogens is 1. The molecule has 4 fully saturated rings. The van der Waals surface area contributed by atoms with E-state index in [1.165, 1.54) is 29.5 Å². The number of nitro benzene ring substituents is 1. The van der Waals surface area contributed by atoms with Crippen LogP contribution in [0.1, 0.15) is 92.7 Å². The molecular weight excluding hydrogens is 936 g/mol. The Hall–Kier alpha value is -6.55. The number of nitro groups is 1. The number of H-pyrrole nitrogens is 1. The van der Waals surface area contributed by atoms with Crippen LogP contribution in [0, 0.1) is 27.3 Å². The number of carbonyl (C=O) groups excluding carboxylic acids is 2. The predicted molar refractivity (Wildman–Crippen MR) is 262 cm³/mol. The number of primary amides is 1. The van der Waals surface area contributed by atoms with Gasteiger partial charge in [0.2, 0.25) is 0 Å². The molecule has 71 heavy (non-hydrogen) atoms. The molecule has 21 heteroatoms. The molecule has 5 aliphatic rings. The molecule has 3 amide bonds. The molecule has 4 aliphatic heterocycles. The fraction of sp³-hybridized carbons (Fsp3) is 0.460. The molecule has 19 nitrogen and oxygen atoms in total. The number of hydrazine groups is 1. The number of nitrogens with one attached hydrogen (secondary N) is 3. The summed E-state index contributed by atoms with van der Waals surface area (Å²) in [5.41, 5.74) is 7.86. The molecular formula is C50H59FN10O9S. The maximum atomic E-state index is 14.7. The van der Waals surface area contributed by atoms with Crippen molar-refractivity contribution in [3.63, 3.8) is 0 Å². The minimum atomic E-state index is -4.75. The number of urea groups is 1. The molecule has 6 heterocycles. The molecule has 2 atom stereocenters. The third kappa shape index (κ3) is 9.54. The Balaban J connectivity index is 0.865. The fourth-order valence-corrected chi connectivity index (χ4v) is 12.2. The van der Waals surface area contributed by atoms with Gasteiger partial charge >= 0.3 is 6.03 Å². The van der Waals surface area contributed by atoms with E-state index in [2.05, 4.69) is 67.0 Å². The molecule has 1 spiro atoms. The maximum absolute atomic E-state index is 14.7. The Bertz CT molecular complexity index is 3000. The van der Waals surface area contributed by atoms with Crippen molar-refractivity contribution in [2.24, 2.45) is 17.1 Å². The summed E-state index contributed by atoms with van der Waals surface area (Å²) in [6, 6.07) is 15.9. The third-order valence-corrected chi connectivity index (χ3v) is 16.6. The number of ether oxygens (including phenoxy) is 2. The minimum Gasteiger partial charge on any atom is -0.489 e. The van der Waals surface area contributed by atoms with Crippen molar-refractivity contribution in [1.82, 2.24) is 29.6 Å². The summed E-state index contributed by atoms with van der Waals surface area (Å²) in [6.07, 6.45) is 6.79. The van der Waals surface area contributed by atoms with Crippen LogP contribution in [0.2, 0.25) is 0 Å². The Kier molecular flexibility index (Phi) is 12.6. The minimum absolute atomic E-state index is 0.0237. The van der Waals surface area contributed by atoms with E-state index in [0.29, 0.717) is 70.0 Å². The van der Waals surface area contributed by atoms with Crippen LogP contribution in [0.4, 0.5) is 26.2 Å². The largest absolute Gasteiger partial charge is 0.489 e. The Morgan fingerprint density at radius 3 is 2.51 bits per heavy atom. The number of anilines is 2. The molecule has 3 saturated heterocycles. The van der Waals surface area contributed by atoms with Crippen LogP contribution in [0.25, 0.3) is 11.0 Å². The van der Waals surface area contributed by atoms with E-state index < -0.39 is 48.9 Å². The van der Waals surface area contributed by atoms with E-state index in [4.69, 9.17) is 15.2 Å². The number of hydrogen-bond donors (Lipinski definition) is 5. The molecule has 3 aromatic carbocycles. The number of piperidine rings is 1. The van der Waals surface area contributed by atoms with Gasteiger partial charge in [-0.1, -0.05) is 38.1 Å². The summed E-state index contributed by atoms with van der Waals surface area (Å²) in [4.78, 5) is 48.6. The van der Waals surface area contributed by atoms with Gasteiger partial charge in [0.05, 0.1) is 44.7 Å². The summed E-state index contributed by atoms with van der Waals surface area (Å²) in [5, 5.41) is 31.0. The number of hydrogen-bond acceptors (Lipinski definition) is 14. The lowest BCUT2D eigenvalue weighted by Gasteiger charge is -2.60. The molecule has 0 unspecified atom stereocenters. The molecule has 2 aromatic heterocycles. The van der Waals surface area contributed by atoms with Gasteiger partial charge < -0.3 is 40.4 Å². The molecule has 6 N–H and O–H groups in total. The second kappa shape index (κ2) is 18.6. The quantitative estimate of drug-likeness (QED) is 0.0661. The number of nitrogens with two attached hydrogens (primary N) is 1. The van der Waals surface area contributed by atoms with Gasteiger partial charge in [0.1, 0.15) is 29.6 Å². The molecule has 1 saturated carbocycles. The molecule has 376 valence electrons. The number of nitrogens with zero attached hydrogens (tertiary/aromatic N) is 6. The van der Waals surface area contributed by atoms with Crippen LogP contribution in [-0.4, -0.2) is 119 Å². The number of rotatable bonds is 11. The van der Waals surface area contributed by atoms with Crippen LogP contribution in [0.3, 0.4) is 0 Å². The zero-order chi connectivity index (χ0) is 50.0. The molecule has 1 aliphatic carbocycles. The zero-order valence-electron chi connectivity index (χ0n) is 39.9. The smallest absolute Gasteiger partial charge is 0.314 e. The number of aromatic amines is 1. The summed E-state index contributed by atoms with van der Waals surface area (Å²) in [6.45, 7) is 11.0. The van der Waals surface area contributed by atoms with Gasteiger partial charge in [-0.2, -0.15) is 0 Å². The van der Waals surface area contributed by atoms with E-state index in [0.717, 1.165) is 44.3 Å². The Labute approximate surface area is 410 Å². The van der Waals surface area contributed by atoms with Gasteiger partial charge in [-0.05, 0) is 86.6 Å². The fourth-order valence-electron chi connectivity index (χ4n) is 11.2. The van der Waals surface area contributed by atoms with Crippen molar-refractivity contribution in [2.75, 3.05) is 62.6 Å². The normalized spacial score (nSPS) is 23.7. The maximum Gasteiger partial charge on any atom is 0.314 e. The standard InChI is InChI=1S/C50H59FN10O9S/c1-30(2)35-6-4-5-7-36(35)42-26-58(48(52)63)18-19-60(42)59-28-50(29-59)14-16-57(17-15-50)32-8-9-37(43(20-32)70-33-21-38-39(51)25-54-46(38)53-24-33)47(62)56-71(67,68)34-22-41(61(65)66)45-44(23-34)69-27-40(55-45)31-10-12-49(3,64)13-11-31/h4-9,20-25,30-31,40,42,55,64H,10-19,26-29H2,1-3H3,(H2,52,63)(H,53,54)(H,56,62)/t31?,40-,42-,49?/m1/s1. The van der Waals surface area contributed by atoms with Crippen molar-refractivity contribution in [1.29, 1.82) is 0 Å².